The van der Waals surface area contributed by atoms with E-state index in [4.69, 9.17) is 9.47 Å². The lowest BCUT2D eigenvalue weighted by Gasteiger charge is -2.16. The highest BCUT2D eigenvalue weighted by atomic mass is 32.2. The van der Waals surface area contributed by atoms with Crippen molar-refractivity contribution < 1.29 is 22.3 Å². The van der Waals surface area contributed by atoms with Crippen molar-refractivity contribution in [3.05, 3.63) is 77.6 Å². The Morgan fingerprint density at radius 1 is 1.07 bits per heavy atom. The number of ether oxygens (including phenoxy) is 2. The molecule has 154 valence electrons. The molecule has 0 heterocycles. The minimum Gasteiger partial charge on any atom is -0.497 e. The van der Waals surface area contributed by atoms with Gasteiger partial charge in [0.05, 0.1) is 18.4 Å². The lowest BCUT2D eigenvalue weighted by atomic mass is 9.99. The van der Waals surface area contributed by atoms with Gasteiger partial charge in [-0.3, -0.25) is 0 Å². The van der Waals surface area contributed by atoms with Crippen LogP contribution in [-0.4, -0.2) is 21.3 Å². The Labute approximate surface area is 175 Å². The maximum Gasteiger partial charge on any atom is 0.184 e. The number of benzene rings is 3. The summed E-state index contributed by atoms with van der Waals surface area (Å²) in [5.41, 5.74) is 1.28. The molecule has 0 aliphatic carbocycles. The van der Waals surface area contributed by atoms with Crippen molar-refractivity contribution in [1.82, 2.24) is 0 Å². The molecule has 0 saturated carbocycles. The minimum absolute atomic E-state index is 0.0236. The van der Waals surface area contributed by atoms with Gasteiger partial charge < -0.3 is 9.47 Å². The van der Waals surface area contributed by atoms with E-state index in [9.17, 15) is 13.7 Å². The summed E-state index contributed by atoms with van der Waals surface area (Å²) in [6, 6.07) is 19.0. The number of halogens is 1. The molecular weight excluding hydrogens is 405 g/mol. The fourth-order valence-electron chi connectivity index (χ4n) is 2.99. The molecule has 5 nitrogen and oxygen atoms in total. The highest BCUT2D eigenvalue weighted by molar-refractivity contribution is 7.91. The molecule has 0 saturated heterocycles. The topological polar surface area (TPSA) is 76.4 Å². The van der Waals surface area contributed by atoms with Crippen LogP contribution < -0.4 is 9.47 Å². The summed E-state index contributed by atoms with van der Waals surface area (Å²) >= 11 is 0. The maximum atomic E-state index is 15.3. The summed E-state index contributed by atoms with van der Waals surface area (Å²) in [5, 5.41) is 9.53. The van der Waals surface area contributed by atoms with Gasteiger partial charge in [0, 0.05) is 5.56 Å². The Morgan fingerprint density at radius 2 is 1.73 bits per heavy atom. The van der Waals surface area contributed by atoms with Crippen LogP contribution in [0.15, 0.2) is 65.6 Å². The van der Waals surface area contributed by atoms with Crippen molar-refractivity contribution in [2.24, 2.45) is 0 Å². The Bertz CT molecular complexity index is 1180. The van der Waals surface area contributed by atoms with E-state index in [1.807, 2.05) is 0 Å². The second-order valence-corrected chi connectivity index (χ2v) is 8.67. The zero-order valence-electron chi connectivity index (χ0n) is 16.6. The molecule has 0 aromatic heterocycles. The van der Waals surface area contributed by atoms with Crippen LogP contribution in [0.4, 0.5) is 4.39 Å². The van der Waals surface area contributed by atoms with E-state index in [0.29, 0.717) is 11.3 Å². The van der Waals surface area contributed by atoms with Crippen molar-refractivity contribution in [3.63, 3.8) is 0 Å². The quantitative estimate of drug-likeness (QED) is 0.546. The minimum atomic E-state index is -3.98. The summed E-state index contributed by atoms with van der Waals surface area (Å²) in [6.07, 6.45) is 0. The van der Waals surface area contributed by atoms with Gasteiger partial charge in [-0.25, -0.2) is 12.8 Å². The van der Waals surface area contributed by atoms with Gasteiger partial charge in [0.2, 0.25) is 0 Å². The number of nitriles is 1. The number of hydrogen-bond donors (Lipinski definition) is 0. The first-order valence-electron chi connectivity index (χ1n) is 9.21. The standard InChI is InChI=1S/C23H20FNO4S/c1-3-30(26,27)23-21(29-15-16-9-11-18(28-2)12-10-16)13-19(20(14-25)22(23)24)17-7-5-4-6-8-17/h4-13H,3,15H2,1-2H3. The molecule has 0 fully saturated rings. The first-order chi connectivity index (χ1) is 14.4. The zero-order chi connectivity index (χ0) is 21.7. The second-order valence-electron chi connectivity index (χ2n) is 6.46. The zero-order valence-corrected chi connectivity index (χ0v) is 17.4. The summed E-state index contributed by atoms with van der Waals surface area (Å²) in [4.78, 5) is -0.588. The van der Waals surface area contributed by atoms with E-state index in [1.54, 1.807) is 67.8 Å². The van der Waals surface area contributed by atoms with Crippen molar-refractivity contribution in [2.45, 2.75) is 18.4 Å². The van der Waals surface area contributed by atoms with Gasteiger partial charge in [-0.05, 0) is 29.3 Å². The number of methoxy groups -OCH3 is 1. The Kier molecular flexibility index (Phi) is 6.38. The molecule has 0 aliphatic heterocycles. The Morgan fingerprint density at radius 3 is 2.30 bits per heavy atom. The van der Waals surface area contributed by atoms with Gasteiger partial charge in [0.25, 0.3) is 0 Å². The predicted octanol–water partition coefficient (Wildman–Crippen LogP) is 4.75. The highest BCUT2D eigenvalue weighted by Crippen LogP contribution is 2.37. The molecule has 0 atom stereocenters. The van der Waals surface area contributed by atoms with Crippen LogP contribution in [0.1, 0.15) is 18.1 Å². The van der Waals surface area contributed by atoms with Gasteiger partial charge in [-0.2, -0.15) is 5.26 Å². The summed E-state index contributed by atoms with van der Waals surface area (Å²) < 4.78 is 51.4. The third kappa shape index (κ3) is 4.29. The van der Waals surface area contributed by atoms with E-state index in [-0.39, 0.29) is 29.2 Å². The van der Waals surface area contributed by atoms with Crippen LogP contribution >= 0.6 is 0 Å². The number of hydrogen-bond acceptors (Lipinski definition) is 5. The van der Waals surface area contributed by atoms with Crippen LogP contribution in [0.5, 0.6) is 11.5 Å². The predicted molar refractivity (Wildman–Crippen MR) is 112 cm³/mol. The highest BCUT2D eigenvalue weighted by Gasteiger charge is 2.28. The lowest BCUT2D eigenvalue weighted by molar-refractivity contribution is 0.294. The molecule has 3 rings (SSSR count). The average molecular weight is 425 g/mol. The summed E-state index contributed by atoms with van der Waals surface area (Å²) in [6.45, 7) is 1.44. The van der Waals surface area contributed by atoms with E-state index in [0.717, 1.165) is 5.56 Å². The Balaban J connectivity index is 2.13. The SMILES string of the molecule is CCS(=O)(=O)c1c(OCc2ccc(OC)cc2)cc(-c2ccccc2)c(C#N)c1F. The summed E-state index contributed by atoms with van der Waals surface area (Å²) in [5.74, 6) is -0.865. The normalized spacial score (nSPS) is 11.0. The van der Waals surface area contributed by atoms with Crippen molar-refractivity contribution in [3.8, 4) is 28.7 Å². The molecule has 30 heavy (non-hydrogen) atoms. The van der Waals surface area contributed by atoms with E-state index < -0.39 is 20.5 Å². The van der Waals surface area contributed by atoms with Crippen LogP contribution in [0.2, 0.25) is 0 Å². The first-order valence-corrected chi connectivity index (χ1v) is 10.9. The molecule has 0 amide bonds. The van der Waals surface area contributed by atoms with Crippen LogP contribution in [-0.2, 0) is 16.4 Å². The Hall–Kier alpha value is -3.37. The van der Waals surface area contributed by atoms with E-state index in [1.165, 1.54) is 13.0 Å². The summed E-state index contributed by atoms with van der Waals surface area (Å²) in [7, 11) is -2.42. The number of nitrogens with zero attached hydrogens (tertiary/aromatic N) is 1. The second kappa shape index (κ2) is 8.97. The number of sulfone groups is 1. The molecule has 3 aromatic rings. The van der Waals surface area contributed by atoms with Crippen LogP contribution in [0, 0.1) is 17.1 Å². The van der Waals surface area contributed by atoms with Gasteiger partial charge >= 0.3 is 0 Å². The molecule has 0 N–H and O–H groups in total. The molecule has 0 radical (unpaired) electrons. The van der Waals surface area contributed by atoms with Crippen molar-refractivity contribution in [1.29, 1.82) is 5.26 Å². The van der Waals surface area contributed by atoms with E-state index in [2.05, 4.69) is 0 Å². The molecule has 0 spiro atoms. The molecule has 3 aromatic carbocycles. The van der Waals surface area contributed by atoms with Gasteiger partial charge in [-0.1, -0.05) is 49.4 Å². The van der Waals surface area contributed by atoms with Crippen LogP contribution in [0.25, 0.3) is 11.1 Å². The smallest absolute Gasteiger partial charge is 0.184 e. The lowest BCUT2D eigenvalue weighted by Crippen LogP contribution is -2.12. The molecule has 7 heteroatoms. The molecule has 0 bridgehead atoms. The third-order valence-corrected chi connectivity index (χ3v) is 6.39. The fourth-order valence-corrected chi connectivity index (χ4v) is 4.08. The van der Waals surface area contributed by atoms with Gasteiger partial charge in [0.15, 0.2) is 15.7 Å². The van der Waals surface area contributed by atoms with Crippen molar-refractivity contribution in [2.75, 3.05) is 12.9 Å². The fraction of sp³-hybridized carbons (Fsp3) is 0.174. The molecule has 0 aliphatic rings. The molecular formula is C23H20FNO4S. The monoisotopic (exact) mass is 425 g/mol. The van der Waals surface area contributed by atoms with Crippen LogP contribution in [0.3, 0.4) is 0 Å². The first kappa shape index (κ1) is 21.3. The van der Waals surface area contributed by atoms with E-state index >= 15 is 4.39 Å². The van der Waals surface area contributed by atoms with Gasteiger partial charge in [0.1, 0.15) is 29.1 Å². The third-order valence-electron chi connectivity index (χ3n) is 4.63. The number of rotatable bonds is 7. The largest absolute Gasteiger partial charge is 0.497 e. The van der Waals surface area contributed by atoms with Crippen molar-refractivity contribution >= 4 is 9.84 Å². The molecule has 0 unspecified atom stereocenters. The average Bonchev–Trinajstić information content (AvgIpc) is 2.78. The van der Waals surface area contributed by atoms with Gasteiger partial charge in [-0.15, -0.1) is 0 Å². The maximum absolute atomic E-state index is 15.3.